The number of hydrogen-bond acceptors (Lipinski definition) is 6. The van der Waals surface area contributed by atoms with Crippen LogP contribution < -0.4 is 0 Å². The Morgan fingerprint density at radius 1 is 1.22 bits per heavy atom. The summed E-state index contributed by atoms with van der Waals surface area (Å²) in [6.07, 6.45) is 4.23. The Bertz CT molecular complexity index is 1040. The largest absolute Gasteiger partial charge is 0.384 e. The molecule has 0 saturated carbocycles. The molecule has 0 aliphatic rings. The standard InChI is InChI=1S/C19H20N6O2/c1-12(2)27-10-17(26)16-9-20-19-15(23-16)6-7-25(19)14-5-3-4-13(8-14)18-21-11-22-24-18/h3-9,11-12,17,26H,10H2,1-2H3,(H,21,22,24)/t17-/m0/s1. The van der Waals surface area contributed by atoms with Gasteiger partial charge in [0.05, 0.1) is 24.6 Å². The number of H-pyrrole nitrogens is 1. The van der Waals surface area contributed by atoms with Gasteiger partial charge in [0.25, 0.3) is 0 Å². The second-order valence-corrected chi connectivity index (χ2v) is 6.47. The van der Waals surface area contributed by atoms with Gasteiger partial charge in [0, 0.05) is 17.4 Å². The van der Waals surface area contributed by atoms with Gasteiger partial charge in [0.1, 0.15) is 17.9 Å². The van der Waals surface area contributed by atoms with Gasteiger partial charge in [-0.15, -0.1) is 0 Å². The number of nitrogens with one attached hydrogen (secondary N) is 1. The lowest BCUT2D eigenvalue weighted by Gasteiger charge is -2.13. The normalized spacial score (nSPS) is 12.7. The van der Waals surface area contributed by atoms with Gasteiger partial charge in [-0.25, -0.2) is 15.0 Å². The molecule has 0 aliphatic carbocycles. The number of aliphatic hydroxyl groups excluding tert-OH is 1. The van der Waals surface area contributed by atoms with Crippen molar-refractivity contribution >= 4 is 11.2 Å². The molecule has 0 radical (unpaired) electrons. The minimum Gasteiger partial charge on any atom is -0.384 e. The molecular formula is C19H20N6O2. The van der Waals surface area contributed by atoms with Crippen molar-refractivity contribution in [3.63, 3.8) is 0 Å². The molecule has 0 fully saturated rings. The molecule has 27 heavy (non-hydrogen) atoms. The van der Waals surface area contributed by atoms with E-state index >= 15 is 0 Å². The third kappa shape index (κ3) is 3.57. The number of aromatic amines is 1. The van der Waals surface area contributed by atoms with E-state index in [2.05, 4.69) is 25.1 Å². The van der Waals surface area contributed by atoms with Crippen LogP contribution in [0.4, 0.5) is 0 Å². The molecule has 1 aromatic carbocycles. The van der Waals surface area contributed by atoms with Crippen molar-refractivity contribution in [1.82, 2.24) is 29.7 Å². The molecule has 1 atom stereocenters. The van der Waals surface area contributed by atoms with Gasteiger partial charge >= 0.3 is 0 Å². The van der Waals surface area contributed by atoms with Crippen LogP contribution in [-0.4, -0.2) is 47.5 Å². The molecule has 3 heterocycles. The summed E-state index contributed by atoms with van der Waals surface area (Å²) in [4.78, 5) is 13.2. The van der Waals surface area contributed by atoms with Gasteiger partial charge < -0.3 is 9.84 Å². The van der Waals surface area contributed by atoms with Crippen molar-refractivity contribution in [2.75, 3.05) is 6.61 Å². The summed E-state index contributed by atoms with van der Waals surface area (Å²) in [7, 11) is 0. The molecule has 0 unspecified atom stereocenters. The van der Waals surface area contributed by atoms with Crippen LogP contribution in [0.2, 0.25) is 0 Å². The van der Waals surface area contributed by atoms with Crippen LogP contribution in [0, 0.1) is 0 Å². The average Bonchev–Trinajstić information content (AvgIpc) is 3.35. The fraction of sp³-hybridized carbons (Fsp3) is 0.263. The van der Waals surface area contributed by atoms with Crippen LogP contribution in [0.15, 0.2) is 49.1 Å². The molecule has 4 aromatic rings. The van der Waals surface area contributed by atoms with Crippen molar-refractivity contribution in [1.29, 1.82) is 0 Å². The predicted molar refractivity (Wildman–Crippen MR) is 100 cm³/mol. The smallest absolute Gasteiger partial charge is 0.163 e. The number of nitrogens with zero attached hydrogens (tertiary/aromatic N) is 5. The Labute approximate surface area is 155 Å². The molecule has 0 amide bonds. The first-order valence-electron chi connectivity index (χ1n) is 8.71. The summed E-state index contributed by atoms with van der Waals surface area (Å²) in [6.45, 7) is 4.04. The van der Waals surface area contributed by atoms with Crippen molar-refractivity contribution < 1.29 is 9.84 Å². The molecule has 2 N–H and O–H groups in total. The number of benzene rings is 1. The van der Waals surface area contributed by atoms with Gasteiger partial charge in [0.2, 0.25) is 0 Å². The van der Waals surface area contributed by atoms with E-state index in [0.29, 0.717) is 22.7 Å². The molecule has 0 bridgehead atoms. The first-order chi connectivity index (χ1) is 13.1. The second-order valence-electron chi connectivity index (χ2n) is 6.47. The average molecular weight is 364 g/mol. The molecule has 4 rings (SSSR count). The molecule has 8 heteroatoms. The Balaban J connectivity index is 1.65. The minimum absolute atomic E-state index is 0.0501. The number of aromatic nitrogens is 6. The van der Waals surface area contributed by atoms with E-state index in [9.17, 15) is 5.11 Å². The summed E-state index contributed by atoms with van der Waals surface area (Å²) in [5, 5.41) is 17.0. The van der Waals surface area contributed by atoms with Crippen molar-refractivity contribution in [2.45, 2.75) is 26.1 Å². The number of hydrogen-bond donors (Lipinski definition) is 2. The van der Waals surface area contributed by atoms with E-state index in [4.69, 9.17) is 4.74 Å². The SMILES string of the molecule is CC(C)OC[C@H](O)c1cnc2c(ccn2-c2cccc(-c3ncn[nH]3)c2)n1. The number of ether oxygens (including phenoxy) is 1. The summed E-state index contributed by atoms with van der Waals surface area (Å²) >= 11 is 0. The summed E-state index contributed by atoms with van der Waals surface area (Å²) in [5.41, 5.74) is 3.78. The van der Waals surface area contributed by atoms with Crippen LogP contribution >= 0.6 is 0 Å². The highest BCUT2D eigenvalue weighted by Crippen LogP contribution is 2.23. The molecule has 3 aromatic heterocycles. The third-order valence-electron chi connectivity index (χ3n) is 4.15. The Kier molecular flexibility index (Phi) is 4.66. The maximum absolute atomic E-state index is 10.2. The van der Waals surface area contributed by atoms with Crippen LogP contribution in [0.25, 0.3) is 28.2 Å². The van der Waals surface area contributed by atoms with Crippen molar-refractivity contribution in [3.8, 4) is 17.1 Å². The number of aliphatic hydroxyl groups is 1. The maximum Gasteiger partial charge on any atom is 0.163 e. The van der Waals surface area contributed by atoms with Crippen LogP contribution in [0.1, 0.15) is 25.6 Å². The lowest BCUT2D eigenvalue weighted by molar-refractivity contribution is 0.00326. The lowest BCUT2D eigenvalue weighted by Crippen LogP contribution is -2.13. The van der Waals surface area contributed by atoms with E-state index in [1.165, 1.54) is 6.33 Å². The van der Waals surface area contributed by atoms with Crippen LogP contribution in [0.3, 0.4) is 0 Å². The molecular weight excluding hydrogens is 344 g/mol. The maximum atomic E-state index is 10.2. The number of fused-ring (bicyclic) bond motifs is 1. The van der Waals surface area contributed by atoms with Gasteiger partial charge in [-0.1, -0.05) is 12.1 Å². The minimum atomic E-state index is -0.803. The van der Waals surface area contributed by atoms with E-state index < -0.39 is 6.10 Å². The van der Waals surface area contributed by atoms with E-state index in [1.54, 1.807) is 6.20 Å². The Morgan fingerprint density at radius 2 is 2.11 bits per heavy atom. The first kappa shape index (κ1) is 17.3. The van der Waals surface area contributed by atoms with Gasteiger partial charge in [-0.3, -0.25) is 9.67 Å². The monoisotopic (exact) mass is 364 g/mol. The second kappa shape index (κ2) is 7.26. The Hall–Kier alpha value is -3.10. The Morgan fingerprint density at radius 3 is 2.89 bits per heavy atom. The third-order valence-corrected chi connectivity index (χ3v) is 4.15. The number of rotatable bonds is 6. The van der Waals surface area contributed by atoms with Gasteiger partial charge in [0.15, 0.2) is 11.5 Å². The van der Waals surface area contributed by atoms with E-state index in [1.807, 2.05) is 54.9 Å². The highest BCUT2D eigenvalue weighted by Gasteiger charge is 2.14. The first-order valence-corrected chi connectivity index (χ1v) is 8.71. The van der Waals surface area contributed by atoms with Crippen molar-refractivity contribution in [2.24, 2.45) is 0 Å². The molecule has 0 spiro atoms. The van der Waals surface area contributed by atoms with Crippen LogP contribution in [0.5, 0.6) is 0 Å². The molecule has 8 nitrogen and oxygen atoms in total. The summed E-state index contributed by atoms with van der Waals surface area (Å²) in [6, 6.07) is 9.78. The van der Waals surface area contributed by atoms with Gasteiger partial charge in [-0.2, -0.15) is 5.10 Å². The topological polar surface area (TPSA) is 102 Å². The van der Waals surface area contributed by atoms with E-state index in [-0.39, 0.29) is 12.7 Å². The molecule has 0 saturated heterocycles. The van der Waals surface area contributed by atoms with Crippen LogP contribution in [-0.2, 0) is 4.74 Å². The zero-order valence-corrected chi connectivity index (χ0v) is 15.1. The van der Waals surface area contributed by atoms with Crippen molar-refractivity contribution in [3.05, 3.63) is 54.7 Å². The zero-order chi connectivity index (χ0) is 18.8. The quantitative estimate of drug-likeness (QED) is 0.545. The zero-order valence-electron chi connectivity index (χ0n) is 15.1. The lowest BCUT2D eigenvalue weighted by atomic mass is 10.2. The predicted octanol–water partition coefficient (Wildman–Crippen LogP) is 2.66. The summed E-state index contributed by atoms with van der Waals surface area (Å²) in [5.74, 6) is 0.704. The summed E-state index contributed by atoms with van der Waals surface area (Å²) < 4.78 is 7.40. The van der Waals surface area contributed by atoms with Gasteiger partial charge in [-0.05, 0) is 32.0 Å². The molecule has 0 aliphatic heterocycles. The van der Waals surface area contributed by atoms with E-state index in [0.717, 1.165) is 11.3 Å². The highest BCUT2D eigenvalue weighted by atomic mass is 16.5. The fourth-order valence-corrected chi connectivity index (χ4v) is 2.81. The highest BCUT2D eigenvalue weighted by molar-refractivity contribution is 5.74. The molecule has 138 valence electrons. The fourth-order valence-electron chi connectivity index (χ4n) is 2.81.